The minimum atomic E-state index is -1.15. The number of aryl methyl sites for hydroxylation is 1. The van der Waals surface area contributed by atoms with Crippen LogP contribution in [-0.2, 0) is 16.1 Å². The van der Waals surface area contributed by atoms with Crippen molar-refractivity contribution in [2.45, 2.75) is 19.6 Å². The van der Waals surface area contributed by atoms with Crippen molar-refractivity contribution in [3.8, 4) is 22.6 Å². The lowest BCUT2D eigenvalue weighted by atomic mass is 10.00. The van der Waals surface area contributed by atoms with E-state index in [2.05, 4.69) is 5.32 Å². The van der Waals surface area contributed by atoms with Crippen LogP contribution < -0.4 is 20.4 Å². The van der Waals surface area contributed by atoms with Gasteiger partial charge in [0.25, 0.3) is 0 Å². The number of methoxy groups -OCH3 is 1. The molecule has 0 bridgehead atoms. The van der Waals surface area contributed by atoms with Gasteiger partial charge in [0, 0.05) is 17.0 Å². The second-order valence-corrected chi connectivity index (χ2v) is 9.24. The Balaban J connectivity index is 1.41. The van der Waals surface area contributed by atoms with Crippen LogP contribution in [-0.4, -0.2) is 19.2 Å². The van der Waals surface area contributed by atoms with Gasteiger partial charge in [0.1, 0.15) is 23.7 Å². The molecule has 8 nitrogen and oxygen atoms in total. The van der Waals surface area contributed by atoms with Gasteiger partial charge in [-0.2, -0.15) is 0 Å². The highest BCUT2D eigenvalue weighted by atomic mass is 16.6. The van der Waals surface area contributed by atoms with E-state index in [1.165, 1.54) is 6.07 Å². The molecule has 1 N–H and O–H groups in total. The van der Waals surface area contributed by atoms with Crippen molar-refractivity contribution in [2.24, 2.45) is 0 Å². The smallest absolute Gasteiger partial charge is 0.408 e. The molecule has 1 heterocycles. The zero-order valence-electron chi connectivity index (χ0n) is 22.5. The number of rotatable bonds is 8. The number of nitrogens with one attached hydrogen (secondary N) is 1. The Bertz CT molecular complexity index is 1730. The molecule has 1 amide bonds. The molecule has 0 saturated heterocycles. The van der Waals surface area contributed by atoms with E-state index in [1.807, 2.05) is 42.5 Å². The Kier molecular flexibility index (Phi) is 8.10. The van der Waals surface area contributed by atoms with Crippen LogP contribution in [0.1, 0.15) is 22.7 Å². The van der Waals surface area contributed by atoms with E-state index in [1.54, 1.807) is 68.6 Å². The number of hydrogen-bond acceptors (Lipinski definition) is 7. The van der Waals surface area contributed by atoms with Crippen molar-refractivity contribution >= 4 is 23.0 Å². The van der Waals surface area contributed by atoms with Crippen molar-refractivity contribution in [3.63, 3.8) is 0 Å². The second kappa shape index (κ2) is 12.2. The molecule has 0 aliphatic heterocycles. The molecule has 0 aliphatic rings. The number of amides is 1. The van der Waals surface area contributed by atoms with E-state index >= 15 is 0 Å². The summed E-state index contributed by atoms with van der Waals surface area (Å²) in [5.74, 6) is 0.152. The maximum Gasteiger partial charge on any atom is 0.408 e. The number of carbonyl (C=O) groups is 2. The molecule has 0 radical (unpaired) electrons. The van der Waals surface area contributed by atoms with Gasteiger partial charge in [-0.15, -0.1) is 0 Å². The first kappa shape index (κ1) is 27.2. The molecule has 41 heavy (non-hydrogen) atoms. The van der Waals surface area contributed by atoms with Crippen molar-refractivity contribution < 1.29 is 28.2 Å². The van der Waals surface area contributed by atoms with Crippen molar-refractivity contribution in [1.29, 1.82) is 0 Å². The normalized spacial score (nSPS) is 11.5. The van der Waals surface area contributed by atoms with Gasteiger partial charge in [-0.05, 0) is 53.4 Å². The summed E-state index contributed by atoms with van der Waals surface area (Å²) >= 11 is 0. The summed E-state index contributed by atoms with van der Waals surface area (Å²) in [6.07, 6.45) is -0.773. The number of carbonyl (C=O) groups excluding carboxylic acids is 2. The minimum Gasteiger partial charge on any atom is -0.497 e. The SMILES string of the molecule is COc1ccc(-c2cc(=O)oc3c(C)c(OC(=O)C(NC(=O)OCc4ccccc4)c4ccccc4)ccc23)cc1. The molecule has 1 unspecified atom stereocenters. The highest BCUT2D eigenvalue weighted by molar-refractivity contribution is 5.96. The van der Waals surface area contributed by atoms with E-state index in [9.17, 15) is 14.4 Å². The average Bonchev–Trinajstić information content (AvgIpc) is 3.01. The van der Waals surface area contributed by atoms with Gasteiger partial charge in [-0.1, -0.05) is 72.8 Å². The Morgan fingerprint density at radius 2 is 1.56 bits per heavy atom. The van der Waals surface area contributed by atoms with E-state index in [0.717, 1.165) is 11.1 Å². The molecule has 5 aromatic rings. The molecule has 0 saturated carbocycles. The van der Waals surface area contributed by atoms with Gasteiger partial charge in [0.15, 0.2) is 6.04 Å². The standard InChI is InChI=1S/C33H27NO7/c1-21-28(18-17-26-27(19-29(35)41-31(21)26)23-13-15-25(38-2)16-14-23)40-32(36)30(24-11-7-4-8-12-24)34-33(37)39-20-22-9-5-3-6-10-22/h3-19,30H,20H2,1-2H3,(H,34,37). The lowest BCUT2D eigenvalue weighted by Crippen LogP contribution is -2.36. The fourth-order valence-corrected chi connectivity index (χ4v) is 4.44. The van der Waals surface area contributed by atoms with Crippen molar-refractivity contribution in [1.82, 2.24) is 5.32 Å². The first-order valence-corrected chi connectivity index (χ1v) is 12.9. The molecule has 1 aromatic heterocycles. The zero-order valence-corrected chi connectivity index (χ0v) is 22.5. The largest absolute Gasteiger partial charge is 0.497 e. The lowest BCUT2D eigenvalue weighted by Gasteiger charge is -2.19. The summed E-state index contributed by atoms with van der Waals surface area (Å²) in [6, 6.07) is 28.9. The number of benzene rings is 4. The summed E-state index contributed by atoms with van der Waals surface area (Å²) in [7, 11) is 1.58. The number of esters is 1. The molecular formula is C33H27NO7. The van der Waals surface area contributed by atoms with Crippen LogP contribution in [0.2, 0.25) is 0 Å². The topological polar surface area (TPSA) is 104 Å². The maximum atomic E-state index is 13.4. The van der Waals surface area contributed by atoms with E-state index in [-0.39, 0.29) is 12.4 Å². The third kappa shape index (κ3) is 6.28. The minimum absolute atomic E-state index is 0.0442. The van der Waals surface area contributed by atoms with Crippen molar-refractivity contribution in [3.05, 3.63) is 130 Å². The fraction of sp³-hybridized carbons (Fsp3) is 0.121. The summed E-state index contributed by atoms with van der Waals surface area (Å²) in [5.41, 5.74) is 3.01. The number of hydrogen-bond donors (Lipinski definition) is 1. The van der Waals surface area contributed by atoms with Gasteiger partial charge in [0.05, 0.1) is 7.11 Å². The zero-order chi connectivity index (χ0) is 28.8. The van der Waals surface area contributed by atoms with E-state index in [4.69, 9.17) is 18.6 Å². The quantitative estimate of drug-likeness (QED) is 0.137. The van der Waals surface area contributed by atoms with Gasteiger partial charge < -0.3 is 23.9 Å². The van der Waals surface area contributed by atoms with Gasteiger partial charge in [0.2, 0.25) is 0 Å². The third-order valence-electron chi connectivity index (χ3n) is 6.57. The molecule has 1 atom stereocenters. The average molecular weight is 550 g/mol. The maximum absolute atomic E-state index is 13.4. The van der Waals surface area contributed by atoms with Crippen LogP contribution in [0.25, 0.3) is 22.1 Å². The van der Waals surface area contributed by atoms with Crippen LogP contribution in [0.4, 0.5) is 4.79 Å². The second-order valence-electron chi connectivity index (χ2n) is 9.24. The predicted octanol–water partition coefficient (Wildman–Crippen LogP) is 6.35. The van der Waals surface area contributed by atoms with Crippen molar-refractivity contribution in [2.75, 3.05) is 7.11 Å². The Hall–Kier alpha value is -5.37. The summed E-state index contributed by atoms with van der Waals surface area (Å²) in [5, 5.41) is 3.29. The van der Waals surface area contributed by atoms with Gasteiger partial charge in [-0.25, -0.2) is 14.4 Å². The third-order valence-corrected chi connectivity index (χ3v) is 6.57. The van der Waals surface area contributed by atoms with Crippen LogP contribution >= 0.6 is 0 Å². The highest BCUT2D eigenvalue weighted by Crippen LogP contribution is 2.34. The molecule has 0 fully saturated rings. The number of alkyl carbamates (subject to hydrolysis) is 1. The monoisotopic (exact) mass is 549 g/mol. The first-order valence-electron chi connectivity index (χ1n) is 12.9. The lowest BCUT2D eigenvalue weighted by molar-refractivity contribution is -0.136. The summed E-state index contributed by atoms with van der Waals surface area (Å²) in [4.78, 5) is 38.6. The van der Waals surface area contributed by atoms with Crippen LogP contribution in [0, 0.1) is 6.92 Å². The van der Waals surface area contributed by atoms with Crippen LogP contribution in [0.3, 0.4) is 0 Å². The molecule has 5 rings (SSSR count). The molecule has 8 heteroatoms. The first-order chi connectivity index (χ1) is 19.9. The Labute approximate surface area is 236 Å². The Morgan fingerprint density at radius 3 is 2.24 bits per heavy atom. The summed E-state index contributed by atoms with van der Waals surface area (Å²) in [6.45, 7) is 1.74. The van der Waals surface area contributed by atoms with Crippen LogP contribution in [0.15, 0.2) is 112 Å². The molecule has 0 aliphatic carbocycles. The van der Waals surface area contributed by atoms with Gasteiger partial charge >= 0.3 is 17.7 Å². The highest BCUT2D eigenvalue weighted by Gasteiger charge is 2.27. The molecule has 4 aromatic carbocycles. The fourth-order valence-electron chi connectivity index (χ4n) is 4.44. The summed E-state index contributed by atoms with van der Waals surface area (Å²) < 4.78 is 21.9. The number of ether oxygens (including phenoxy) is 3. The van der Waals surface area contributed by atoms with Crippen LogP contribution in [0.5, 0.6) is 11.5 Å². The predicted molar refractivity (Wildman–Crippen MR) is 154 cm³/mol. The Morgan fingerprint density at radius 1 is 0.878 bits per heavy atom. The van der Waals surface area contributed by atoms with E-state index in [0.29, 0.717) is 33.4 Å². The van der Waals surface area contributed by atoms with E-state index < -0.39 is 23.7 Å². The molecule has 0 spiro atoms. The molecule has 206 valence electrons. The number of fused-ring (bicyclic) bond motifs is 1. The van der Waals surface area contributed by atoms with Gasteiger partial charge in [-0.3, -0.25) is 0 Å². The molecular weight excluding hydrogens is 522 g/mol.